The van der Waals surface area contributed by atoms with Crippen LogP contribution in [-0.4, -0.2) is 47.0 Å². The van der Waals surface area contributed by atoms with Gasteiger partial charge in [-0.25, -0.2) is 8.78 Å². The number of hydrogen-bond acceptors (Lipinski definition) is 4. The van der Waals surface area contributed by atoms with Crippen molar-refractivity contribution in [1.82, 2.24) is 25.4 Å². The molecule has 7 nitrogen and oxygen atoms in total. The van der Waals surface area contributed by atoms with Crippen molar-refractivity contribution in [3.05, 3.63) is 47.5 Å². The molecule has 0 spiro atoms. The van der Waals surface area contributed by atoms with Crippen molar-refractivity contribution < 1.29 is 13.5 Å². The maximum absolute atomic E-state index is 13.6. The Hall–Kier alpha value is -2.55. The van der Waals surface area contributed by atoms with E-state index in [0.29, 0.717) is 44.4 Å². The lowest BCUT2D eigenvalue weighted by molar-refractivity contribution is 0.146. The zero-order valence-electron chi connectivity index (χ0n) is 17.3. The van der Waals surface area contributed by atoms with Crippen LogP contribution in [0.5, 0.6) is 0 Å². The summed E-state index contributed by atoms with van der Waals surface area (Å²) in [6.07, 6.45) is 3.31. The third kappa shape index (κ3) is 7.41. The van der Waals surface area contributed by atoms with Gasteiger partial charge in [0.1, 0.15) is 12.2 Å². The molecule has 0 saturated heterocycles. The zero-order chi connectivity index (χ0) is 21.1. The van der Waals surface area contributed by atoms with Crippen LogP contribution in [0, 0.1) is 11.6 Å². The van der Waals surface area contributed by atoms with E-state index in [1.54, 1.807) is 12.4 Å². The number of nitrogens with one attached hydrogen (secondary N) is 2. The molecule has 29 heavy (non-hydrogen) atoms. The predicted molar refractivity (Wildman–Crippen MR) is 109 cm³/mol. The summed E-state index contributed by atoms with van der Waals surface area (Å²) in [5.74, 6) is -0.196. The molecular formula is C20H30F2N6O. The average molecular weight is 408 g/mol. The minimum atomic E-state index is -0.862. The summed E-state index contributed by atoms with van der Waals surface area (Å²) < 4.78 is 34.1. The van der Waals surface area contributed by atoms with E-state index in [-0.39, 0.29) is 6.04 Å². The first-order chi connectivity index (χ1) is 14.0. The molecule has 0 fully saturated rings. The summed E-state index contributed by atoms with van der Waals surface area (Å²) in [6, 6.07) is 3.65. The predicted octanol–water partition coefficient (Wildman–Crippen LogP) is 2.84. The summed E-state index contributed by atoms with van der Waals surface area (Å²) in [5.41, 5.74) is 0.639. The van der Waals surface area contributed by atoms with Gasteiger partial charge in [0, 0.05) is 39.3 Å². The standard InChI is InChI=1S/C20H30F2N6O/c1-4-19-27-25-14-28(19)11-10-24-20(23-9-6-12-29-5-2)26-15(3)16-7-8-17(21)18(22)13-16/h7-8,13-15H,4-6,9-12H2,1-3H3,(H2,23,24,26). The molecule has 160 valence electrons. The number of aryl methyl sites for hydroxylation is 1. The Morgan fingerprint density at radius 2 is 2.10 bits per heavy atom. The molecule has 0 aliphatic rings. The summed E-state index contributed by atoms with van der Waals surface area (Å²) in [7, 11) is 0. The Morgan fingerprint density at radius 3 is 2.83 bits per heavy atom. The Labute approximate surface area is 170 Å². The van der Waals surface area contributed by atoms with Crippen LogP contribution in [0.1, 0.15) is 44.6 Å². The van der Waals surface area contributed by atoms with Gasteiger partial charge in [-0.1, -0.05) is 13.0 Å². The molecular weight excluding hydrogens is 378 g/mol. The lowest BCUT2D eigenvalue weighted by Gasteiger charge is -2.19. The quantitative estimate of drug-likeness (QED) is 0.340. The van der Waals surface area contributed by atoms with Crippen LogP contribution in [0.3, 0.4) is 0 Å². The number of aliphatic imine (C=N–C) groups is 1. The molecule has 0 bridgehead atoms. The van der Waals surface area contributed by atoms with Crippen LogP contribution in [0.15, 0.2) is 29.5 Å². The molecule has 2 N–H and O–H groups in total. The van der Waals surface area contributed by atoms with Crippen molar-refractivity contribution in [1.29, 1.82) is 0 Å². The minimum absolute atomic E-state index is 0.246. The highest BCUT2D eigenvalue weighted by Crippen LogP contribution is 2.15. The van der Waals surface area contributed by atoms with Gasteiger partial charge >= 0.3 is 0 Å². The third-order valence-electron chi connectivity index (χ3n) is 4.37. The van der Waals surface area contributed by atoms with Gasteiger partial charge in [0.2, 0.25) is 0 Å². The van der Waals surface area contributed by atoms with Crippen molar-refractivity contribution in [2.24, 2.45) is 4.99 Å². The second-order valence-corrected chi connectivity index (χ2v) is 6.54. The summed E-state index contributed by atoms with van der Waals surface area (Å²) >= 11 is 0. The van der Waals surface area contributed by atoms with Crippen LogP contribution >= 0.6 is 0 Å². The first-order valence-corrected chi connectivity index (χ1v) is 9.99. The highest BCUT2D eigenvalue weighted by Gasteiger charge is 2.11. The first-order valence-electron chi connectivity index (χ1n) is 9.99. The number of guanidine groups is 1. The van der Waals surface area contributed by atoms with Crippen molar-refractivity contribution >= 4 is 5.96 Å². The highest BCUT2D eigenvalue weighted by molar-refractivity contribution is 5.80. The van der Waals surface area contributed by atoms with Gasteiger partial charge in [-0.15, -0.1) is 10.2 Å². The third-order valence-corrected chi connectivity index (χ3v) is 4.37. The summed E-state index contributed by atoms with van der Waals surface area (Å²) in [4.78, 5) is 4.57. The summed E-state index contributed by atoms with van der Waals surface area (Å²) in [5, 5.41) is 14.5. The number of nitrogens with zero attached hydrogens (tertiary/aromatic N) is 4. The van der Waals surface area contributed by atoms with Crippen molar-refractivity contribution in [3.63, 3.8) is 0 Å². The van der Waals surface area contributed by atoms with E-state index in [9.17, 15) is 8.78 Å². The lowest BCUT2D eigenvalue weighted by atomic mass is 10.1. The van der Waals surface area contributed by atoms with Gasteiger partial charge in [-0.2, -0.15) is 0 Å². The van der Waals surface area contributed by atoms with E-state index in [2.05, 4.69) is 25.8 Å². The second kappa shape index (κ2) is 12.1. The van der Waals surface area contributed by atoms with Gasteiger partial charge in [0.25, 0.3) is 0 Å². The van der Waals surface area contributed by atoms with Gasteiger partial charge < -0.3 is 19.9 Å². The maximum Gasteiger partial charge on any atom is 0.191 e. The number of halogens is 2. The van der Waals surface area contributed by atoms with E-state index < -0.39 is 11.6 Å². The molecule has 0 aliphatic carbocycles. The SMILES string of the molecule is CCOCCCN=C(NCCn1cnnc1CC)NC(C)c1ccc(F)c(F)c1. The molecule has 0 aliphatic heterocycles. The highest BCUT2D eigenvalue weighted by atomic mass is 19.2. The molecule has 0 amide bonds. The maximum atomic E-state index is 13.6. The van der Waals surface area contributed by atoms with E-state index in [0.717, 1.165) is 24.7 Å². The van der Waals surface area contributed by atoms with Gasteiger partial charge in [0.05, 0.1) is 6.04 Å². The van der Waals surface area contributed by atoms with E-state index in [1.807, 2.05) is 25.3 Å². The minimum Gasteiger partial charge on any atom is -0.382 e. The van der Waals surface area contributed by atoms with Gasteiger partial charge in [-0.05, 0) is 38.0 Å². The molecule has 1 aromatic carbocycles. The Balaban J connectivity index is 1.97. The van der Waals surface area contributed by atoms with Crippen LogP contribution < -0.4 is 10.6 Å². The van der Waals surface area contributed by atoms with Gasteiger partial charge in [-0.3, -0.25) is 4.99 Å². The van der Waals surface area contributed by atoms with Gasteiger partial charge in [0.15, 0.2) is 17.6 Å². The molecule has 0 radical (unpaired) electrons. The molecule has 1 aromatic heterocycles. The fourth-order valence-electron chi connectivity index (χ4n) is 2.76. The van der Waals surface area contributed by atoms with Crippen molar-refractivity contribution in [3.8, 4) is 0 Å². The smallest absolute Gasteiger partial charge is 0.191 e. The number of aromatic nitrogens is 3. The first kappa shape index (κ1) is 22.7. The number of ether oxygens (including phenoxy) is 1. The van der Waals surface area contributed by atoms with Crippen molar-refractivity contribution in [2.75, 3.05) is 26.3 Å². The summed E-state index contributed by atoms with van der Waals surface area (Å²) in [6.45, 7) is 9.08. The molecule has 1 unspecified atom stereocenters. The fraction of sp³-hybridized carbons (Fsp3) is 0.550. The molecule has 2 rings (SSSR count). The topological polar surface area (TPSA) is 76.4 Å². The molecule has 1 heterocycles. The van der Waals surface area contributed by atoms with E-state index >= 15 is 0 Å². The largest absolute Gasteiger partial charge is 0.382 e. The molecule has 9 heteroatoms. The zero-order valence-corrected chi connectivity index (χ0v) is 17.3. The van der Waals surface area contributed by atoms with Crippen molar-refractivity contribution in [2.45, 2.75) is 46.2 Å². The lowest BCUT2D eigenvalue weighted by Crippen LogP contribution is -2.40. The van der Waals surface area contributed by atoms with E-state index in [4.69, 9.17) is 4.74 Å². The average Bonchev–Trinajstić information content (AvgIpc) is 3.17. The molecule has 2 aromatic rings. The Kier molecular flexibility index (Phi) is 9.49. The van der Waals surface area contributed by atoms with Crippen LogP contribution in [0.4, 0.5) is 8.78 Å². The molecule has 1 atom stereocenters. The second-order valence-electron chi connectivity index (χ2n) is 6.54. The number of hydrogen-bond donors (Lipinski definition) is 2. The Morgan fingerprint density at radius 1 is 1.28 bits per heavy atom. The molecule has 0 saturated carbocycles. The number of rotatable bonds is 11. The number of benzene rings is 1. The monoisotopic (exact) mass is 408 g/mol. The van der Waals surface area contributed by atoms with Crippen LogP contribution in [0.25, 0.3) is 0 Å². The van der Waals surface area contributed by atoms with Crippen LogP contribution in [0.2, 0.25) is 0 Å². The normalized spacial score (nSPS) is 12.8. The van der Waals surface area contributed by atoms with Crippen LogP contribution in [-0.2, 0) is 17.7 Å². The van der Waals surface area contributed by atoms with E-state index in [1.165, 1.54) is 6.07 Å². The fourth-order valence-corrected chi connectivity index (χ4v) is 2.76. The Bertz CT molecular complexity index is 780.